The van der Waals surface area contributed by atoms with Crippen LogP contribution in [0.15, 0.2) is 54.6 Å². The Kier molecular flexibility index (Phi) is 3.91. The number of ketones is 2. The summed E-state index contributed by atoms with van der Waals surface area (Å²) in [6, 6.07) is 16.3. The summed E-state index contributed by atoms with van der Waals surface area (Å²) in [5, 5.41) is 0. The second kappa shape index (κ2) is 5.61. The fourth-order valence-corrected chi connectivity index (χ4v) is 2.05. The minimum Gasteiger partial charge on any atom is -0.293 e. The molecule has 0 aliphatic heterocycles. The third kappa shape index (κ3) is 2.79. The normalized spacial score (nSPS) is 11.9. The van der Waals surface area contributed by atoms with Crippen LogP contribution in [0.4, 0.5) is 0 Å². The summed E-state index contributed by atoms with van der Waals surface area (Å²) in [6.45, 7) is 3.55. The molecule has 1 atom stereocenters. The Labute approximate surface area is 113 Å². The van der Waals surface area contributed by atoms with Crippen molar-refractivity contribution in [3.8, 4) is 0 Å². The minimum atomic E-state index is -0.650. The van der Waals surface area contributed by atoms with Gasteiger partial charge < -0.3 is 0 Å². The van der Waals surface area contributed by atoms with E-state index in [1.165, 1.54) is 0 Å². The van der Waals surface area contributed by atoms with Crippen molar-refractivity contribution in [2.24, 2.45) is 5.92 Å². The molecule has 0 spiro atoms. The Morgan fingerprint density at radius 2 is 1.42 bits per heavy atom. The van der Waals surface area contributed by atoms with E-state index in [0.717, 1.165) is 5.56 Å². The molecule has 0 radical (unpaired) electrons. The zero-order valence-electron chi connectivity index (χ0n) is 11.1. The van der Waals surface area contributed by atoms with Crippen molar-refractivity contribution < 1.29 is 9.59 Å². The van der Waals surface area contributed by atoms with Crippen LogP contribution in [0.2, 0.25) is 0 Å². The molecule has 2 heteroatoms. The summed E-state index contributed by atoms with van der Waals surface area (Å²) in [5.74, 6) is -0.899. The molecule has 0 aromatic heterocycles. The van der Waals surface area contributed by atoms with Gasteiger partial charge in [-0.25, -0.2) is 0 Å². The third-order valence-electron chi connectivity index (χ3n) is 3.26. The minimum absolute atomic E-state index is 0.119. The van der Waals surface area contributed by atoms with Crippen molar-refractivity contribution in [3.05, 3.63) is 71.3 Å². The van der Waals surface area contributed by atoms with Crippen molar-refractivity contribution in [1.82, 2.24) is 0 Å². The number of carbonyl (C=O) groups is 2. The first-order valence-electron chi connectivity index (χ1n) is 6.30. The Bertz CT molecular complexity index is 600. The maximum absolute atomic E-state index is 12.4. The summed E-state index contributed by atoms with van der Waals surface area (Å²) in [6.07, 6.45) is 0. The van der Waals surface area contributed by atoms with E-state index in [9.17, 15) is 9.59 Å². The van der Waals surface area contributed by atoms with Gasteiger partial charge in [-0.15, -0.1) is 0 Å². The number of rotatable bonds is 4. The number of aryl methyl sites for hydroxylation is 1. The molecular formula is C17H16O2. The lowest BCUT2D eigenvalue weighted by molar-refractivity contribution is 0.0820. The molecule has 0 saturated carbocycles. The van der Waals surface area contributed by atoms with Gasteiger partial charge in [0.15, 0.2) is 11.6 Å². The zero-order valence-corrected chi connectivity index (χ0v) is 11.1. The maximum Gasteiger partial charge on any atom is 0.173 e. The Hall–Kier alpha value is -2.22. The molecule has 2 rings (SSSR count). The van der Waals surface area contributed by atoms with Crippen LogP contribution < -0.4 is 0 Å². The molecule has 2 nitrogen and oxygen atoms in total. The highest BCUT2D eigenvalue weighted by Gasteiger charge is 2.24. The van der Waals surface area contributed by atoms with Crippen LogP contribution in [-0.2, 0) is 0 Å². The number of hydrogen-bond donors (Lipinski definition) is 0. The molecule has 0 heterocycles. The molecule has 1 unspecified atom stereocenters. The Morgan fingerprint density at radius 3 is 2.05 bits per heavy atom. The average Bonchev–Trinajstić information content (AvgIpc) is 2.46. The van der Waals surface area contributed by atoms with Crippen LogP contribution in [0, 0.1) is 12.8 Å². The molecule has 0 aliphatic carbocycles. The second-order valence-electron chi connectivity index (χ2n) is 4.63. The molecule has 0 fully saturated rings. The molecule has 0 N–H and O–H groups in total. The van der Waals surface area contributed by atoms with Gasteiger partial charge in [-0.05, 0) is 19.4 Å². The quantitative estimate of drug-likeness (QED) is 0.614. The predicted molar refractivity (Wildman–Crippen MR) is 75.4 cm³/mol. The van der Waals surface area contributed by atoms with Gasteiger partial charge in [0.2, 0.25) is 0 Å². The molecule has 96 valence electrons. The SMILES string of the molecule is Cc1ccccc1C(=O)C(C)C(=O)c1ccccc1. The van der Waals surface area contributed by atoms with E-state index < -0.39 is 5.92 Å². The van der Waals surface area contributed by atoms with E-state index in [0.29, 0.717) is 11.1 Å². The zero-order chi connectivity index (χ0) is 13.8. The first-order valence-corrected chi connectivity index (χ1v) is 6.30. The molecular weight excluding hydrogens is 236 g/mol. The second-order valence-corrected chi connectivity index (χ2v) is 4.63. The monoisotopic (exact) mass is 252 g/mol. The van der Waals surface area contributed by atoms with Gasteiger partial charge in [0.1, 0.15) is 0 Å². The van der Waals surface area contributed by atoms with Crippen molar-refractivity contribution in [2.75, 3.05) is 0 Å². The van der Waals surface area contributed by atoms with Crippen molar-refractivity contribution in [2.45, 2.75) is 13.8 Å². The fourth-order valence-electron chi connectivity index (χ4n) is 2.05. The Morgan fingerprint density at radius 1 is 0.842 bits per heavy atom. The average molecular weight is 252 g/mol. The standard InChI is InChI=1S/C17H16O2/c1-12-8-6-7-11-15(12)17(19)13(2)16(18)14-9-4-3-5-10-14/h3-11,13H,1-2H3. The van der Waals surface area contributed by atoms with Crippen LogP contribution in [-0.4, -0.2) is 11.6 Å². The van der Waals surface area contributed by atoms with Gasteiger partial charge in [0, 0.05) is 11.1 Å². The van der Waals surface area contributed by atoms with Crippen LogP contribution in [0.3, 0.4) is 0 Å². The number of Topliss-reactive ketones (excluding diaryl/α,β-unsaturated/α-hetero) is 2. The van der Waals surface area contributed by atoms with Crippen LogP contribution >= 0.6 is 0 Å². The van der Waals surface area contributed by atoms with E-state index in [-0.39, 0.29) is 11.6 Å². The third-order valence-corrected chi connectivity index (χ3v) is 3.26. The smallest absolute Gasteiger partial charge is 0.173 e. The van der Waals surface area contributed by atoms with Gasteiger partial charge in [-0.2, -0.15) is 0 Å². The van der Waals surface area contributed by atoms with Crippen LogP contribution in [0.5, 0.6) is 0 Å². The summed E-state index contributed by atoms with van der Waals surface area (Å²) in [5.41, 5.74) is 2.11. The molecule has 2 aromatic rings. The predicted octanol–water partition coefficient (Wildman–Crippen LogP) is 3.70. The lowest BCUT2D eigenvalue weighted by Crippen LogP contribution is -2.22. The molecule has 0 bridgehead atoms. The van der Waals surface area contributed by atoms with E-state index in [1.54, 1.807) is 37.3 Å². The van der Waals surface area contributed by atoms with Gasteiger partial charge in [0.05, 0.1) is 5.92 Å². The first-order chi connectivity index (χ1) is 9.11. The van der Waals surface area contributed by atoms with Gasteiger partial charge in [-0.3, -0.25) is 9.59 Å². The van der Waals surface area contributed by atoms with Gasteiger partial charge >= 0.3 is 0 Å². The van der Waals surface area contributed by atoms with Crippen molar-refractivity contribution in [3.63, 3.8) is 0 Å². The highest BCUT2D eigenvalue weighted by molar-refractivity contribution is 6.16. The summed E-state index contributed by atoms with van der Waals surface area (Å²) in [7, 11) is 0. The lowest BCUT2D eigenvalue weighted by Gasteiger charge is -2.11. The highest BCUT2D eigenvalue weighted by Crippen LogP contribution is 2.17. The lowest BCUT2D eigenvalue weighted by atomic mass is 9.90. The van der Waals surface area contributed by atoms with Gasteiger partial charge in [0.25, 0.3) is 0 Å². The molecule has 19 heavy (non-hydrogen) atoms. The topological polar surface area (TPSA) is 34.1 Å². The largest absolute Gasteiger partial charge is 0.293 e. The van der Waals surface area contributed by atoms with E-state index in [4.69, 9.17) is 0 Å². The van der Waals surface area contributed by atoms with E-state index >= 15 is 0 Å². The molecule has 0 saturated heterocycles. The number of benzene rings is 2. The highest BCUT2D eigenvalue weighted by atomic mass is 16.1. The molecule has 0 aliphatic rings. The van der Waals surface area contributed by atoms with Crippen molar-refractivity contribution >= 4 is 11.6 Å². The number of hydrogen-bond acceptors (Lipinski definition) is 2. The Balaban J connectivity index is 2.26. The maximum atomic E-state index is 12.4. The summed E-state index contributed by atoms with van der Waals surface area (Å²) in [4.78, 5) is 24.6. The number of carbonyl (C=O) groups excluding carboxylic acids is 2. The van der Waals surface area contributed by atoms with E-state index in [1.807, 2.05) is 31.2 Å². The van der Waals surface area contributed by atoms with Gasteiger partial charge in [-0.1, -0.05) is 54.6 Å². The summed E-state index contributed by atoms with van der Waals surface area (Å²) < 4.78 is 0. The molecule has 0 amide bonds. The first kappa shape index (κ1) is 13.2. The summed E-state index contributed by atoms with van der Waals surface area (Å²) >= 11 is 0. The van der Waals surface area contributed by atoms with Crippen LogP contribution in [0.25, 0.3) is 0 Å². The fraction of sp³-hybridized carbons (Fsp3) is 0.176. The van der Waals surface area contributed by atoms with Crippen LogP contribution in [0.1, 0.15) is 33.2 Å². The van der Waals surface area contributed by atoms with E-state index in [2.05, 4.69) is 0 Å². The molecule has 2 aromatic carbocycles. The van der Waals surface area contributed by atoms with Crippen molar-refractivity contribution in [1.29, 1.82) is 0 Å².